The monoisotopic (exact) mass is 269 g/mol. The predicted molar refractivity (Wildman–Crippen MR) is 65.4 cm³/mol. The van der Waals surface area contributed by atoms with E-state index in [4.69, 9.17) is 0 Å². The largest absolute Gasteiger partial charge is 0.416 e. The van der Waals surface area contributed by atoms with Crippen LogP contribution >= 0.6 is 0 Å². The number of hydrogen-bond donors (Lipinski definition) is 2. The smallest absolute Gasteiger partial charge is 0.349 e. The van der Waals surface area contributed by atoms with Crippen molar-refractivity contribution < 1.29 is 13.2 Å². The maximum absolute atomic E-state index is 12.7. The van der Waals surface area contributed by atoms with Gasteiger partial charge in [0.25, 0.3) is 0 Å². The number of nitrogens with one attached hydrogen (secondary N) is 2. The summed E-state index contributed by atoms with van der Waals surface area (Å²) < 4.78 is 38.2. The van der Waals surface area contributed by atoms with Gasteiger partial charge in [-0.2, -0.15) is 13.2 Å². The van der Waals surface area contributed by atoms with E-state index in [2.05, 4.69) is 15.3 Å². The van der Waals surface area contributed by atoms with Crippen molar-refractivity contribution in [3.05, 3.63) is 53.6 Å². The summed E-state index contributed by atoms with van der Waals surface area (Å²) in [5.74, 6) is 0.816. The quantitative estimate of drug-likeness (QED) is 0.819. The number of aromatic amines is 1. The van der Waals surface area contributed by atoms with Gasteiger partial charge in [-0.15, -0.1) is 0 Å². The summed E-state index contributed by atoms with van der Waals surface area (Å²) in [7, 11) is 0. The molecule has 0 unspecified atom stereocenters. The van der Waals surface area contributed by atoms with E-state index in [-0.39, 0.29) is 12.1 Å². The second kappa shape index (κ2) is 5.88. The lowest BCUT2D eigenvalue weighted by Gasteiger charge is -2.12. The number of hydrogen-bond acceptors (Lipinski definition) is 2. The Labute approximate surface area is 108 Å². The van der Waals surface area contributed by atoms with Gasteiger partial charge in [-0.25, -0.2) is 4.98 Å². The Morgan fingerprint density at radius 1 is 1.21 bits per heavy atom. The summed E-state index contributed by atoms with van der Waals surface area (Å²) in [6.07, 6.45) is -0.289. The van der Waals surface area contributed by atoms with Crippen LogP contribution in [0.2, 0.25) is 0 Å². The van der Waals surface area contributed by atoms with Crippen LogP contribution < -0.4 is 5.32 Å². The van der Waals surface area contributed by atoms with E-state index in [1.54, 1.807) is 18.5 Å². The molecule has 0 fully saturated rings. The van der Waals surface area contributed by atoms with Crippen LogP contribution in [0.4, 0.5) is 13.2 Å². The van der Waals surface area contributed by atoms with Crippen LogP contribution in [-0.2, 0) is 19.1 Å². The van der Waals surface area contributed by atoms with E-state index < -0.39 is 11.7 Å². The van der Waals surface area contributed by atoms with E-state index in [1.807, 2.05) is 0 Å². The highest BCUT2D eigenvalue weighted by atomic mass is 19.4. The van der Waals surface area contributed by atoms with E-state index in [1.165, 1.54) is 12.1 Å². The summed E-state index contributed by atoms with van der Waals surface area (Å²) in [4.78, 5) is 6.98. The molecule has 2 aromatic rings. The van der Waals surface area contributed by atoms with Crippen molar-refractivity contribution in [2.24, 2.45) is 0 Å². The summed E-state index contributed by atoms with van der Waals surface area (Å²) in [5, 5.41) is 2.99. The second-order valence-corrected chi connectivity index (χ2v) is 4.12. The fraction of sp³-hybridized carbons (Fsp3) is 0.308. The normalized spacial score (nSPS) is 11.7. The molecule has 0 saturated carbocycles. The summed E-state index contributed by atoms with van der Waals surface area (Å²) in [6.45, 7) is 0.760. The van der Waals surface area contributed by atoms with Crippen LogP contribution in [0.3, 0.4) is 0 Å². The molecule has 0 aliphatic rings. The molecule has 1 aromatic carbocycles. The third-order valence-electron chi connectivity index (χ3n) is 2.73. The molecule has 0 aliphatic heterocycles. The summed E-state index contributed by atoms with van der Waals surface area (Å²) >= 11 is 0. The SMILES string of the molecule is FC(F)(F)c1ccccc1CNCCc1ncc[nH]1. The minimum atomic E-state index is -4.31. The molecular formula is C13H14F3N3. The minimum absolute atomic E-state index is 0.191. The van der Waals surface area contributed by atoms with Crippen molar-refractivity contribution in [2.75, 3.05) is 6.54 Å². The van der Waals surface area contributed by atoms with Crippen molar-refractivity contribution >= 4 is 0 Å². The first-order chi connectivity index (χ1) is 9.07. The maximum Gasteiger partial charge on any atom is 0.416 e. The standard InChI is InChI=1S/C13H14F3N3/c14-13(15,16)11-4-2-1-3-10(11)9-17-6-5-12-18-7-8-19-12/h1-4,7-8,17H,5-6,9H2,(H,18,19). The molecule has 0 spiro atoms. The number of halogens is 3. The molecule has 102 valence electrons. The molecule has 1 heterocycles. The average Bonchev–Trinajstić information content (AvgIpc) is 2.87. The first kappa shape index (κ1) is 13.6. The van der Waals surface area contributed by atoms with Crippen LogP contribution in [0.25, 0.3) is 0 Å². The number of alkyl halides is 3. The number of rotatable bonds is 5. The Kier molecular flexibility index (Phi) is 4.21. The molecule has 3 nitrogen and oxygen atoms in total. The Morgan fingerprint density at radius 3 is 2.68 bits per heavy atom. The number of nitrogens with zero attached hydrogens (tertiary/aromatic N) is 1. The fourth-order valence-corrected chi connectivity index (χ4v) is 1.82. The molecule has 19 heavy (non-hydrogen) atoms. The molecule has 0 atom stereocenters. The van der Waals surface area contributed by atoms with E-state index >= 15 is 0 Å². The van der Waals surface area contributed by atoms with Crippen LogP contribution in [0.15, 0.2) is 36.7 Å². The third-order valence-corrected chi connectivity index (χ3v) is 2.73. The van der Waals surface area contributed by atoms with Gasteiger partial charge in [0.1, 0.15) is 5.82 Å². The van der Waals surface area contributed by atoms with E-state index in [0.29, 0.717) is 13.0 Å². The van der Waals surface area contributed by atoms with Gasteiger partial charge in [-0.05, 0) is 11.6 Å². The van der Waals surface area contributed by atoms with Gasteiger partial charge in [-0.3, -0.25) is 0 Å². The minimum Gasteiger partial charge on any atom is -0.349 e. The highest BCUT2D eigenvalue weighted by Gasteiger charge is 2.32. The van der Waals surface area contributed by atoms with E-state index in [9.17, 15) is 13.2 Å². The number of H-pyrrole nitrogens is 1. The topological polar surface area (TPSA) is 40.7 Å². The third kappa shape index (κ3) is 3.82. The molecule has 1 aromatic heterocycles. The van der Waals surface area contributed by atoms with E-state index in [0.717, 1.165) is 11.9 Å². The van der Waals surface area contributed by atoms with Gasteiger partial charge < -0.3 is 10.3 Å². The maximum atomic E-state index is 12.7. The van der Waals surface area contributed by atoms with Crippen LogP contribution in [0.1, 0.15) is 17.0 Å². The first-order valence-corrected chi connectivity index (χ1v) is 5.91. The summed E-state index contributed by atoms with van der Waals surface area (Å²) in [6, 6.07) is 5.60. The van der Waals surface area contributed by atoms with Crippen molar-refractivity contribution in [3.63, 3.8) is 0 Å². The lowest BCUT2D eigenvalue weighted by Crippen LogP contribution is -2.20. The molecule has 0 amide bonds. The molecule has 0 aliphatic carbocycles. The molecular weight excluding hydrogens is 255 g/mol. The number of aromatic nitrogens is 2. The zero-order chi connectivity index (χ0) is 13.7. The fourth-order valence-electron chi connectivity index (χ4n) is 1.82. The Morgan fingerprint density at radius 2 is 2.00 bits per heavy atom. The second-order valence-electron chi connectivity index (χ2n) is 4.12. The Balaban J connectivity index is 1.89. The van der Waals surface area contributed by atoms with Gasteiger partial charge in [0.15, 0.2) is 0 Å². The van der Waals surface area contributed by atoms with Gasteiger partial charge in [0.2, 0.25) is 0 Å². The van der Waals surface area contributed by atoms with Crippen LogP contribution in [0.5, 0.6) is 0 Å². The highest BCUT2D eigenvalue weighted by molar-refractivity contribution is 5.29. The zero-order valence-corrected chi connectivity index (χ0v) is 10.2. The summed E-state index contributed by atoms with van der Waals surface area (Å²) in [5.41, 5.74) is -0.324. The first-order valence-electron chi connectivity index (χ1n) is 5.91. The van der Waals surface area contributed by atoms with Crippen LogP contribution in [-0.4, -0.2) is 16.5 Å². The molecule has 6 heteroatoms. The molecule has 2 rings (SSSR count). The molecule has 0 radical (unpaired) electrons. The van der Waals surface area contributed by atoms with Crippen molar-refractivity contribution in [3.8, 4) is 0 Å². The van der Waals surface area contributed by atoms with Crippen molar-refractivity contribution in [1.82, 2.24) is 15.3 Å². The van der Waals surface area contributed by atoms with Crippen molar-refractivity contribution in [1.29, 1.82) is 0 Å². The lowest BCUT2D eigenvalue weighted by molar-refractivity contribution is -0.138. The highest BCUT2D eigenvalue weighted by Crippen LogP contribution is 2.31. The molecule has 2 N–H and O–H groups in total. The lowest BCUT2D eigenvalue weighted by atomic mass is 10.1. The number of imidazole rings is 1. The Bertz CT molecular complexity index is 506. The van der Waals surface area contributed by atoms with Crippen LogP contribution in [0, 0.1) is 0 Å². The van der Waals surface area contributed by atoms with Gasteiger partial charge in [0.05, 0.1) is 5.56 Å². The average molecular weight is 269 g/mol. The van der Waals surface area contributed by atoms with Crippen molar-refractivity contribution in [2.45, 2.75) is 19.1 Å². The molecule has 0 bridgehead atoms. The van der Waals surface area contributed by atoms with Gasteiger partial charge in [-0.1, -0.05) is 18.2 Å². The molecule has 0 saturated heterocycles. The predicted octanol–water partition coefficient (Wildman–Crippen LogP) is 2.76. The van der Waals surface area contributed by atoms with Gasteiger partial charge in [0, 0.05) is 31.9 Å². The Hall–Kier alpha value is -1.82. The number of benzene rings is 1. The zero-order valence-electron chi connectivity index (χ0n) is 10.2. The van der Waals surface area contributed by atoms with Gasteiger partial charge >= 0.3 is 6.18 Å².